The number of esters is 1. The van der Waals surface area contributed by atoms with Gasteiger partial charge in [-0.1, -0.05) is 36.5 Å². The van der Waals surface area contributed by atoms with Gasteiger partial charge in [-0.3, -0.25) is 14.5 Å². The summed E-state index contributed by atoms with van der Waals surface area (Å²) in [5.74, 6) is 0.764. The van der Waals surface area contributed by atoms with E-state index in [0.717, 1.165) is 18.4 Å². The standard InChI is InChI=1S/C26H26N2O6S2/c1-2-32-25(31)18-8-10-19(11-9-18)27-23(29)6-4-3-5-13-28-24(30)22(36-26(28)35)15-17-7-12-20-21(14-17)34-16-33-20/h7-12,14-15H,2-6,13,16H2,1H3,(H,27,29). The van der Waals surface area contributed by atoms with Crippen molar-refractivity contribution in [3.63, 3.8) is 0 Å². The van der Waals surface area contributed by atoms with E-state index in [1.807, 2.05) is 24.3 Å². The number of unbranched alkanes of at least 4 members (excludes halogenated alkanes) is 2. The number of carbonyl (C=O) groups is 3. The second-order valence-corrected chi connectivity index (χ2v) is 9.78. The minimum atomic E-state index is -0.389. The molecular weight excluding hydrogens is 500 g/mol. The Labute approximate surface area is 219 Å². The molecule has 4 rings (SSSR count). The first-order valence-electron chi connectivity index (χ1n) is 11.7. The highest BCUT2D eigenvalue weighted by atomic mass is 32.2. The van der Waals surface area contributed by atoms with Crippen LogP contribution < -0.4 is 14.8 Å². The first kappa shape index (κ1) is 25.7. The van der Waals surface area contributed by atoms with E-state index in [0.29, 0.717) is 58.0 Å². The fraction of sp³-hybridized carbons (Fsp3) is 0.308. The number of benzene rings is 2. The number of ether oxygens (including phenoxy) is 3. The van der Waals surface area contributed by atoms with E-state index in [1.165, 1.54) is 11.8 Å². The van der Waals surface area contributed by atoms with Crippen LogP contribution in [-0.2, 0) is 14.3 Å². The van der Waals surface area contributed by atoms with Crippen LogP contribution in [0.3, 0.4) is 0 Å². The van der Waals surface area contributed by atoms with E-state index in [-0.39, 0.29) is 24.6 Å². The maximum Gasteiger partial charge on any atom is 0.338 e. The van der Waals surface area contributed by atoms with E-state index in [1.54, 1.807) is 36.1 Å². The Bertz CT molecular complexity index is 1200. The SMILES string of the molecule is CCOC(=O)c1ccc(NC(=O)CCCCCN2C(=O)C(=Cc3ccc4c(c3)OCO4)SC2=S)cc1. The molecule has 2 amide bonds. The number of thiocarbonyl (C=S) groups is 1. The Morgan fingerprint density at radius 3 is 2.67 bits per heavy atom. The molecule has 0 spiro atoms. The van der Waals surface area contributed by atoms with Crippen molar-refractivity contribution in [3.05, 3.63) is 58.5 Å². The molecule has 0 aromatic heterocycles. The number of rotatable bonds is 10. The van der Waals surface area contributed by atoms with Gasteiger partial charge < -0.3 is 19.5 Å². The number of fused-ring (bicyclic) bond motifs is 1. The van der Waals surface area contributed by atoms with Crippen molar-refractivity contribution in [2.24, 2.45) is 0 Å². The highest BCUT2D eigenvalue weighted by Gasteiger charge is 2.31. The molecule has 0 bridgehead atoms. The number of thioether (sulfide) groups is 1. The topological polar surface area (TPSA) is 94.2 Å². The van der Waals surface area contributed by atoms with Crippen molar-refractivity contribution < 1.29 is 28.6 Å². The van der Waals surface area contributed by atoms with Crippen molar-refractivity contribution in [1.82, 2.24) is 4.90 Å². The third-order valence-electron chi connectivity index (χ3n) is 5.53. The lowest BCUT2D eigenvalue weighted by atomic mass is 10.1. The van der Waals surface area contributed by atoms with Crippen LogP contribution in [0.15, 0.2) is 47.4 Å². The zero-order valence-corrected chi connectivity index (χ0v) is 21.4. The Kier molecular flexibility index (Phi) is 8.61. The first-order valence-corrected chi connectivity index (χ1v) is 12.9. The lowest BCUT2D eigenvalue weighted by Gasteiger charge is -2.14. The van der Waals surface area contributed by atoms with Crippen molar-refractivity contribution in [3.8, 4) is 11.5 Å². The van der Waals surface area contributed by atoms with E-state index in [4.69, 9.17) is 26.4 Å². The highest BCUT2D eigenvalue weighted by Crippen LogP contribution is 2.36. The Hall–Kier alpha value is -3.37. The Morgan fingerprint density at radius 2 is 1.89 bits per heavy atom. The summed E-state index contributed by atoms with van der Waals surface area (Å²) in [6, 6.07) is 12.1. The molecule has 10 heteroatoms. The minimum absolute atomic E-state index is 0.101. The molecule has 0 saturated carbocycles. The normalized spacial score (nSPS) is 15.5. The van der Waals surface area contributed by atoms with Gasteiger partial charge in [-0.05, 0) is 67.8 Å². The van der Waals surface area contributed by atoms with Crippen LogP contribution in [0.4, 0.5) is 5.69 Å². The maximum absolute atomic E-state index is 12.8. The number of nitrogens with one attached hydrogen (secondary N) is 1. The molecule has 0 radical (unpaired) electrons. The van der Waals surface area contributed by atoms with Crippen LogP contribution in [-0.4, -0.2) is 46.9 Å². The molecular formula is C26H26N2O6S2. The summed E-state index contributed by atoms with van der Waals surface area (Å²) in [5.41, 5.74) is 1.91. The van der Waals surface area contributed by atoms with Gasteiger partial charge in [0.2, 0.25) is 12.7 Å². The van der Waals surface area contributed by atoms with Crippen LogP contribution in [0.5, 0.6) is 11.5 Å². The zero-order chi connectivity index (χ0) is 25.5. The van der Waals surface area contributed by atoms with Gasteiger partial charge in [0.1, 0.15) is 4.32 Å². The van der Waals surface area contributed by atoms with E-state index >= 15 is 0 Å². The van der Waals surface area contributed by atoms with Gasteiger partial charge in [-0.25, -0.2) is 4.79 Å². The summed E-state index contributed by atoms with van der Waals surface area (Å²) in [7, 11) is 0. The summed E-state index contributed by atoms with van der Waals surface area (Å²) in [6.07, 6.45) is 4.39. The fourth-order valence-corrected chi connectivity index (χ4v) is 5.02. The first-order chi connectivity index (χ1) is 17.4. The molecule has 1 saturated heterocycles. The van der Waals surface area contributed by atoms with Gasteiger partial charge in [0.15, 0.2) is 11.5 Å². The minimum Gasteiger partial charge on any atom is -0.462 e. The summed E-state index contributed by atoms with van der Waals surface area (Å²) in [6.45, 7) is 2.78. The summed E-state index contributed by atoms with van der Waals surface area (Å²) in [5, 5.41) is 2.83. The third-order valence-corrected chi connectivity index (χ3v) is 6.91. The van der Waals surface area contributed by atoms with Gasteiger partial charge >= 0.3 is 5.97 Å². The van der Waals surface area contributed by atoms with Gasteiger partial charge in [0.05, 0.1) is 17.1 Å². The molecule has 2 heterocycles. The average Bonchev–Trinajstić information content (AvgIpc) is 3.43. The van der Waals surface area contributed by atoms with Crippen LogP contribution in [0.2, 0.25) is 0 Å². The van der Waals surface area contributed by atoms with Gasteiger partial charge in [-0.15, -0.1) is 0 Å². The second-order valence-electron chi connectivity index (χ2n) is 8.10. The van der Waals surface area contributed by atoms with Gasteiger partial charge in [0, 0.05) is 18.7 Å². The lowest BCUT2D eigenvalue weighted by Crippen LogP contribution is -2.29. The van der Waals surface area contributed by atoms with Gasteiger partial charge in [-0.2, -0.15) is 0 Å². The molecule has 8 nitrogen and oxygen atoms in total. The van der Waals surface area contributed by atoms with Crippen LogP contribution in [0, 0.1) is 0 Å². The third kappa shape index (κ3) is 6.44. The van der Waals surface area contributed by atoms with E-state index < -0.39 is 0 Å². The quantitative estimate of drug-likeness (QED) is 0.200. The van der Waals surface area contributed by atoms with Crippen molar-refractivity contribution in [1.29, 1.82) is 0 Å². The van der Waals surface area contributed by atoms with E-state index in [9.17, 15) is 14.4 Å². The zero-order valence-electron chi connectivity index (χ0n) is 19.8. The second kappa shape index (κ2) is 12.0. The number of hydrogen-bond acceptors (Lipinski definition) is 8. The lowest BCUT2D eigenvalue weighted by molar-refractivity contribution is -0.122. The van der Waals surface area contributed by atoms with Crippen LogP contribution >= 0.6 is 24.0 Å². The van der Waals surface area contributed by atoms with Crippen molar-refractivity contribution >= 4 is 57.8 Å². The number of nitrogens with zero attached hydrogens (tertiary/aromatic N) is 1. The predicted octanol–water partition coefficient (Wildman–Crippen LogP) is 4.99. The molecule has 36 heavy (non-hydrogen) atoms. The maximum atomic E-state index is 12.8. The number of carbonyl (C=O) groups excluding carboxylic acids is 3. The number of hydrogen-bond donors (Lipinski definition) is 1. The monoisotopic (exact) mass is 526 g/mol. The predicted molar refractivity (Wildman–Crippen MR) is 142 cm³/mol. The molecule has 188 valence electrons. The number of amides is 2. The Morgan fingerprint density at radius 1 is 1.11 bits per heavy atom. The molecule has 1 fully saturated rings. The Balaban J connectivity index is 1.18. The molecule has 0 atom stereocenters. The summed E-state index contributed by atoms with van der Waals surface area (Å²) >= 11 is 6.70. The molecule has 1 N–H and O–H groups in total. The largest absolute Gasteiger partial charge is 0.462 e. The van der Waals surface area contributed by atoms with Crippen molar-refractivity contribution in [2.75, 3.05) is 25.3 Å². The van der Waals surface area contributed by atoms with Crippen molar-refractivity contribution in [2.45, 2.75) is 32.6 Å². The molecule has 2 aromatic carbocycles. The van der Waals surface area contributed by atoms with E-state index in [2.05, 4.69) is 5.32 Å². The number of anilines is 1. The summed E-state index contributed by atoms with van der Waals surface area (Å²) < 4.78 is 16.2. The molecule has 2 aromatic rings. The molecule has 0 aliphatic carbocycles. The molecule has 2 aliphatic rings. The highest BCUT2D eigenvalue weighted by molar-refractivity contribution is 8.26. The smallest absolute Gasteiger partial charge is 0.338 e. The van der Waals surface area contributed by atoms with Crippen LogP contribution in [0.25, 0.3) is 6.08 Å². The van der Waals surface area contributed by atoms with Crippen LogP contribution in [0.1, 0.15) is 48.5 Å². The van der Waals surface area contributed by atoms with Gasteiger partial charge in [0.25, 0.3) is 5.91 Å². The average molecular weight is 527 g/mol. The summed E-state index contributed by atoms with van der Waals surface area (Å²) in [4.78, 5) is 39.0. The fourth-order valence-electron chi connectivity index (χ4n) is 3.71. The molecule has 0 unspecified atom stereocenters. The molecule has 2 aliphatic heterocycles.